The van der Waals surface area contributed by atoms with Crippen molar-refractivity contribution in [1.82, 2.24) is 24.4 Å². The van der Waals surface area contributed by atoms with Crippen LogP contribution in [0.1, 0.15) is 26.2 Å². The smallest absolute Gasteiger partial charge is 0.222 e. The lowest BCUT2D eigenvalue weighted by Gasteiger charge is -2.18. The monoisotopic (exact) mass is 480 g/mol. The summed E-state index contributed by atoms with van der Waals surface area (Å²) in [6.07, 6.45) is 7.96. The summed E-state index contributed by atoms with van der Waals surface area (Å²) >= 11 is 0. The molecule has 1 amide bonds. The Bertz CT molecular complexity index is 1130. The van der Waals surface area contributed by atoms with Gasteiger partial charge >= 0.3 is 0 Å². The Balaban J connectivity index is 1.45. The SMILES string of the molecule is CCCC(=O)N1CCC(Nc2ncccc2-c2cnc3c(ccn3COCC[Si](C)(C)C)n2)C1. The van der Waals surface area contributed by atoms with Crippen LogP contribution in [-0.2, 0) is 16.3 Å². The fourth-order valence-electron chi connectivity index (χ4n) is 4.13. The minimum Gasteiger partial charge on any atom is -0.365 e. The molecule has 4 rings (SSSR count). The van der Waals surface area contributed by atoms with Gasteiger partial charge in [0.1, 0.15) is 18.1 Å². The zero-order chi connectivity index (χ0) is 24.1. The summed E-state index contributed by atoms with van der Waals surface area (Å²) in [5.74, 6) is 1.01. The number of fused-ring (bicyclic) bond motifs is 1. The molecule has 3 aromatic heterocycles. The Hall–Kier alpha value is -2.78. The van der Waals surface area contributed by atoms with Crippen LogP contribution < -0.4 is 5.32 Å². The zero-order valence-corrected chi connectivity index (χ0v) is 21.8. The minimum atomic E-state index is -1.10. The maximum atomic E-state index is 12.2. The molecular formula is C25H36N6O2Si. The van der Waals surface area contributed by atoms with Crippen LogP contribution in [-0.4, -0.2) is 64.1 Å². The molecule has 0 radical (unpaired) electrons. The van der Waals surface area contributed by atoms with Crippen LogP contribution in [0.2, 0.25) is 25.7 Å². The molecule has 0 saturated carbocycles. The van der Waals surface area contributed by atoms with Crippen LogP contribution in [0.25, 0.3) is 22.4 Å². The number of nitrogens with one attached hydrogen (secondary N) is 1. The third kappa shape index (κ3) is 6.01. The number of ether oxygens (including phenoxy) is 1. The van der Waals surface area contributed by atoms with E-state index in [9.17, 15) is 4.79 Å². The molecule has 34 heavy (non-hydrogen) atoms. The summed E-state index contributed by atoms with van der Waals surface area (Å²) in [6.45, 7) is 11.8. The summed E-state index contributed by atoms with van der Waals surface area (Å²) in [5.41, 5.74) is 3.33. The molecule has 0 bridgehead atoms. The van der Waals surface area contributed by atoms with Crippen molar-refractivity contribution in [2.24, 2.45) is 0 Å². The van der Waals surface area contributed by atoms with E-state index < -0.39 is 8.07 Å². The molecule has 182 valence electrons. The average molecular weight is 481 g/mol. The number of rotatable bonds is 10. The summed E-state index contributed by atoms with van der Waals surface area (Å²) < 4.78 is 7.89. The molecule has 1 saturated heterocycles. The number of amides is 1. The van der Waals surface area contributed by atoms with Gasteiger partial charge in [-0.15, -0.1) is 0 Å². The van der Waals surface area contributed by atoms with Gasteiger partial charge in [-0.3, -0.25) is 4.79 Å². The van der Waals surface area contributed by atoms with E-state index in [1.54, 1.807) is 12.4 Å². The van der Waals surface area contributed by atoms with Crippen LogP contribution in [0.5, 0.6) is 0 Å². The second-order valence-corrected chi connectivity index (χ2v) is 15.8. The molecule has 0 aromatic carbocycles. The summed E-state index contributed by atoms with van der Waals surface area (Å²) in [7, 11) is -1.10. The van der Waals surface area contributed by atoms with E-state index in [0.717, 1.165) is 60.3 Å². The molecule has 0 spiro atoms. The van der Waals surface area contributed by atoms with Gasteiger partial charge in [0.05, 0.1) is 11.9 Å². The molecule has 8 nitrogen and oxygen atoms in total. The highest BCUT2D eigenvalue weighted by molar-refractivity contribution is 6.76. The second kappa shape index (κ2) is 10.6. The van der Waals surface area contributed by atoms with Gasteiger partial charge in [0.25, 0.3) is 0 Å². The number of aromatic nitrogens is 4. The Morgan fingerprint density at radius 3 is 2.91 bits per heavy atom. The first-order valence-electron chi connectivity index (χ1n) is 12.2. The highest BCUT2D eigenvalue weighted by Crippen LogP contribution is 2.27. The van der Waals surface area contributed by atoms with Crippen molar-refractivity contribution >= 4 is 31.0 Å². The van der Waals surface area contributed by atoms with Gasteiger partial charge in [-0.25, -0.2) is 15.0 Å². The standard InChI is InChI=1S/C25H36N6O2Si/c1-5-7-23(32)30-12-9-19(17-30)28-24-20(8-6-11-26-24)22-16-27-25-21(29-22)10-13-31(25)18-33-14-15-34(2,3)4/h6,8,10-11,13,16,19H,5,7,9,12,14-15,17-18H2,1-4H3,(H,26,28). The predicted molar refractivity (Wildman–Crippen MR) is 138 cm³/mol. The lowest BCUT2D eigenvalue weighted by Crippen LogP contribution is -2.31. The summed E-state index contributed by atoms with van der Waals surface area (Å²) in [6, 6.07) is 7.22. The maximum absolute atomic E-state index is 12.2. The van der Waals surface area contributed by atoms with Crippen molar-refractivity contribution in [3.05, 3.63) is 36.8 Å². The van der Waals surface area contributed by atoms with Crippen molar-refractivity contribution in [3.8, 4) is 11.3 Å². The number of carbonyl (C=O) groups excluding carboxylic acids is 1. The van der Waals surface area contributed by atoms with E-state index >= 15 is 0 Å². The first-order valence-corrected chi connectivity index (χ1v) is 15.9. The third-order valence-electron chi connectivity index (χ3n) is 6.12. The predicted octanol–water partition coefficient (Wildman–Crippen LogP) is 4.62. The topological polar surface area (TPSA) is 85.2 Å². The van der Waals surface area contributed by atoms with Crippen LogP contribution in [0.4, 0.5) is 5.82 Å². The van der Waals surface area contributed by atoms with Crippen molar-refractivity contribution in [2.45, 2.75) is 64.6 Å². The van der Waals surface area contributed by atoms with Crippen LogP contribution in [0.15, 0.2) is 36.8 Å². The maximum Gasteiger partial charge on any atom is 0.222 e. The first-order chi connectivity index (χ1) is 16.3. The number of hydrogen-bond acceptors (Lipinski definition) is 6. The zero-order valence-electron chi connectivity index (χ0n) is 20.8. The molecule has 3 aromatic rings. The van der Waals surface area contributed by atoms with Crippen LogP contribution in [0, 0.1) is 0 Å². The quantitative estimate of drug-likeness (QED) is 0.337. The van der Waals surface area contributed by atoms with Gasteiger partial charge in [0.15, 0.2) is 5.65 Å². The molecule has 9 heteroatoms. The second-order valence-electron chi connectivity index (χ2n) is 10.2. The summed E-state index contributed by atoms with van der Waals surface area (Å²) in [4.78, 5) is 28.3. The van der Waals surface area contributed by atoms with E-state index in [1.807, 2.05) is 40.8 Å². The highest BCUT2D eigenvalue weighted by Gasteiger charge is 2.26. The number of nitrogens with zero attached hydrogens (tertiary/aromatic N) is 5. The van der Waals surface area contributed by atoms with Gasteiger partial charge in [-0.1, -0.05) is 26.6 Å². The Labute approximate surface area is 202 Å². The van der Waals surface area contributed by atoms with Crippen molar-refractivity contribution in [3.63, 3.8) is 0 Å². The van der Waals surface area contributed by atoms with Gasteiger partial charge in [0, 0.05) is 58.2 Å². The lowest BCUT2D eigenvalue weighted by atomic mass is 10.1. The van der Waals surface area contributed by atoms with Crippen molar-refractivity contribution in [1.29, 1.82) is 0 Å². The Morgan fingerprint density at radius 2 is 2.12 bits per heavy atom. The van der Waals surface area contributed by atoms with Gasteiger partial charge in [-0.2, -0.15) is 0 Å². The molecule has 0 aliphatic carbocycles. The third-order valence-corrected chi connectivity index (χ3v) is 7.82. The molecule has 1 aliphatic heterocycles. The summed E-state index contributed by atoms with van der Waals surface area (Å²) in [5, 5.41) is 3.54. The number of hydrogen-bond donors (Lipinski definition) is 1. The number of anilines is 1. The molecule has 1 N–H and O–H groups in total. The largest absolute Gasteiger partial charge is 0.365 e. The van der Waals surface area contributed by atoms with Crippen LogP contribution in [0.3, 0.4) is 0 Å². The van der Waals surface area contributed by atoms with Crippen molar-refractivity contribution in [2.75, 3.05) is 25.0 Å². The average Bonchev–Trinajstić information content (AvgIpc) is 3.43. The Morgan fingerprint density at radius 1 is 1.26 bits per heavy atom. The normalized spacial score (nSPS) is 16.4. The lowest BCUT2D eigenvalue weighted by molar-refractivity contribution is -0.130. The van der Waals surface area contributed by atoms with Crippen molar-refractivity contribution < 1.29 is 9.53 Å². The molecule has 1 unspecified atom stereocenters. The number of likely N-dealkylation sites (tertiary alicyclic amines) is 1. The Kier molecular flexibility index (Phi) is 7.62. The molecule has 1 fully saturated rings. The molecule has 1 atom stereocenters. The van der Waals surface area contributed by atoms with E-state index in [0.29, 0.717) is 19.7 Å². The first kappa shape index (κ1) is 24.3. The molecule has 1 aliphatic rings. The fraction of sp³-hybridized carbons (Fsp3) is 0.520. The van der Waals surface area contributed by atoms with Crippen LogP contribution >= 0.6 is 0 Å². The fourth-order valence-corrected chi connectivity index (χ4v) is 4.89. The number of carbonyl (C=O) groups is 1. The minimum absolute atomic E-state index is 0.181. The van der Waals surface area contributed by atoms with Gasteiger partial charge < -0.3 is 19.5 Å². The van der Waals surface area contributed by atoms with E-state index in [2.05, 4.69) is 29.9 Å². The molecular weight excluding hydrogens is 444 g/mol. The van der Waals surface area contributed by atoms with E-state index in [1.165, 1.54) is 0 Å². The van der Waals surface area contributed by atoms with Gasteiger partial charge in [-0.05, 0) is 37.1 Å². The van der Waals surface area contributed by atoms with Gasteiger partial charge in [0.2, 0.25) is 5.91 Å². The van der Waals surface area contributed by atoms with E-state index in [-0.39, 0.29) is 11.9 Å². The molecule has 4 heterocycles. The van der Waals surface area contributed by atoms with E-state index in [4.69, 9.17) is 14.7 Å². The number of pyridine rings is 1. The highest BCUT2D eigenvalue weighted by atomic mass is 28.3.